The molecule has 0 bridgehead atoms. The molecule has 1 aromatic heterocycles. The van der Waals surface area contributed by atoms with Crippen LogP contribution in [0.3, 0.4) is 0 Å². The average Bonchev–Trinajstić information content (AvgIpc) is 3.14. The maximum Gasteiger partial charge on any atom is 0.273 e. The van der Waals surface area contributed by atoms with Gasteiger partial charge in [0.15, 0.2) is 15.4 Å². The summed E-state index contributed by atoms with van der Waals surface area (Å²) in [5, 5.41) is 13.7. The number of methoxy groups -OCH3 is 1. The molecule has 158 valence electrons. The van der Waals surface area contributed by atoms with Crippen LogP contribution < -0.4 is 10.1 Å². The number of anilines is 1. The van der Waals surface area contributed by atoms with E-state index in [0.29, 0.717) is 16.8 Å². The molecule has 1 N–H and O–H groups in total. The van der Waals surface area contributed by atoms with Crippen LogP contribution >= 0.6 is 11.8 Å². The predicted octanol–water partition coefficient (Wildman–Crippen LogP) is 3.27. The Balaban J connectivity index is 1.69. The van der Waals surface area contributed by atoms with E-state index in [9.17, 15) is 23.3 Å². The molecule has 0 aliphatic rings. The number of rotatable bonds is 8. The number of ether oxygens (including phenoxy) is 1. The van der Waals surface area contributed by atoms with E-state index in [0.717, 1.165) is 11.8 Å². The zero-order valence-corrected chi connectivity index (χ0v) is 17.6. The summed E-state index contributed by atoms with van der Waals surface area (Å²) in [7, 11) is -2.02. The quantitative estimate of drug-likeness (QED) is 0.310. The highest BCUT2D eigenvalue weighted by Gasteiger charge is 2.17. The molecule has 12 heteroatoms. The lowest BCUT2D eigenvalue weighted by atomic mass is 10.2. The minimum atomic E-state index is -3.36. The minimum absolute atomic E-state index is 0.0236. The summed E-state index contributed by atoms with van der Waals surface area (Å²) in [5.74, 6) is -0.310. The van der Waals surface area contributed by atoms with Gasteiger partial charge in [0.2, 0.25) is 5.91 Å². The van der Waals surface area contributed by atoms with Gasteiger partial charge in [-0.25, -0.2) is 13.4 Å². The number of nitrogens with zero attached hydrogens (tertiary/aromatic N) is 2. The minimum Gasteiger partial charge on any atom is -0.494 e. The highest BCUT2D eigenvalue weighted by atomic mass is 32.2. The topological polar surface area (TPSA) is 142 Å². The Labute approximate surface area is 175 Å². The van der Waals surface area contributed by atoms with Crippen LogP contribution in [-0.4, -0.2) is 42.8 Å². The molecule has 0 fully saturated rings. The number of carbonyl (C=O) groups is 1. The van der Waals surface area contributed by atoms with Crippen molar-refractivity contribution in [2.24, 2.45) is 0 Å². The van der Waals surface area contributed by atoms with Crippen molar-refractivity contribution >= 4 is 50.0 Å². The number of aromatic nitrogens is 1. The van der Waals surface area contributed by atoms with Crippen LogP contribution in [0.2, 0.25) is 0 Å². The number of benzene rings is 2. The molecule has 3 aromatic rings. The summed E-state index contributed by atoms with van der Waals surface area (Å²) >= 11 is 1.03. The summed E-state index contributed by atoms with van der Waals surface area (Å²) in [6, 6.07) is 8.27. The van der Waals surface area contributed by atoms with Crippen molar-refractivity contribution in [1.82, 2.24) is 4.98 Å². The second kappa shape index (κ2) is 8.71. The summed E-state index contributed by atoms with van der Waals surface area (Å²) in [4.78, 5) is 26.9. The second-order valence-electron chi connectivity index (χ2n) is 5.99. The number of oxazole rings is 1. The van der Waals surface area contributed by atoms with Gasteiger partial charge in [0.05, 0.1) is 40.2 Å². The van der Waals surface area contributed by atoms with Crippen LogP contribution in [0.1, 0.15) is 6.92 Å². The fourth-order valence-corrected chi connectivity index (χ4v) is 4.06. The molecular weight excluding hydrogens is 434 g/mol. The van der Waals surface area contributed by atoms with Crippen LogP contribution in [0.15, 0.2) is 50.9 Å². The number of sulfone groups is 1. The number of thioether (sulfide) groups is 1. The standard InChI is InChI=1S/C18H17N3O7S2/c1-3-30(25,26)12-5-7-15-14(9-12)20-18(28-15)29-10-17(22)19-13-6-4-11(21(23)24)8-16(13)27-2/h4-9H,3,10H2,1-2H3,(H,19,22). The molecule has 2 aromatic carbocycles. The van der Waals surface area contributed by atoms with Gasteiger partial charge in [-0.2, -0.15) is 0 Å². The van der Waals surface area contributed by atoms with Gasteiger partial charge in [0, 0.05) is 6.07 Å². The van der Waals surface area contributed by atoms with Crippen molar-refractivity contribution < 1.29 is 27.3 Å². The lowest BCUT2D eigenvalue weighted by Gasteiger charge is -2.09. The van der Waals surface area contributed by atoms with Gasteiger partial charge in [-0.3, -0.25) is 14.9 Å². The number of non-ortho nitro benzene ring substituents is 1. The zero-order valence-electron chi connectivity index (χ0n) is 15.9. The summed E-state index contributed by atoms with van der Waals surface area (Å²) in [6.07, 6.45) is 0. The van der Waals surface area contributed by atoms with Crippen LogP contribution in [0.4, 0.5) is 11.4 Å². The van der Waals surface area contributed by atoms with Gasteiger partial charge in [0.25, 0.3) is 10.9 Å². The Morgan fingerprint density at radius 3 is 2.73 bits per heavy atom. The van der Waals surface area contributed by atoms with Crippen LogP contribution in [0, 0.1) is 10.1 Å². The lowest BCUT2D eigenvalue weighted by Crippen LogP contribution is -2.14. The summed E-state index contributed by atoms with van der Waals surface area (Å²) in [6.45, 7) is 1.56. The van der Waals surface area contributed by atoms with E-state index >= 15 is 0 Å². The van der Waals surface area contributed by atoms with Gasteiger partial charge in [-0.15, -0.1) is 0 Å². The molecule has 0 saturated heterocycles. The number of amides is 1. The van der Waals surface area contributed by atoms with E-state index in [1.165, 1.54) is 43.5 Å². The third kappa shape index (κ3) is 4.71. The molecule has 3 rings (SSSR count). The van der Waals surface area contributed by atoms with E-state index in [-0.39, 0.29) is 33.1 Å². The molecular formula is C18H17N3O7S2. The van der Waals surface area contributed by atoms with E-state index in [1.807, 2.05) is 0 Å². The normalized spacial score (nSPS) is 11.4. The Kier molecular flexibility index (Phi) is 6.27. The number of hydrogen-bond donors (Lipinski definition) is 1. The molecule has 1 amide bonds. The zero-order chi connectivity index (χ0) is 21.9. The Morgan fingerprint density at radius 1 is 1.30 bits per heavy atom. The fourth-order valence-electron chi connectivity index (χ4n) is 2.52. The molecule has 0 radical (unpaired) electrons. The van der Waals surface area contributed by atoms with Crippen molar-refractivity contribution in [2.45, 2.75) is 17.0 Å². The summed E-state index contributed by atoms with van der Waals surface area (Å²) in [5.41, 5.74) is 0.922. The smallest absolute Gasteiger partial charge is 0.273 e. The van der Waals surface area contributed by atoms with Crippen molar-refractivity contribution in [2.75, 3.05) is 23.9 Å². The molecule has 0 unspecified atom stereocenters. The maximum absolute atomic E-state index is 12.2. The third-order valence-electron chi connectivity index (χ3n) is 4.08. The van der Waals surface area contributed by atoms with E-state index in [2.05, 4.69) is 10.3 Å². The highest BCUT2D eigenvalue weighted by molar-refractivity contribution is 7.99. The van der Waals surface area contributed by atoms with Gasteiger partial charge in [-0.1, -0.05) is 18.7 Å². The van der Waals surface area contributed by atoms with Crippen LogP contribution in [-0.2, 0) is 14.6 Å². The van der Waals surface area contributed by atoms with Gasteiger partial charge in [-0.05, 0) is 24.3 Å². The molecule has 0 aliphatic carbocycles. The first-order valence-electron chi connectivity index (χ1n) is 8.62. The predicted molar refractivity (Wildman–Crippen MR) is 111 cm³/mol. The molecule has 0 saturated carbocycles. The van der Waals surface area contributed by atoms with Crippen LogP contribution in [0.25, 0.3) is 11.1 Å². The molecule has 0 spiro atoms. The van der Waals surface area contributed by atoms with Gasteiger partial charge >= 0.3 is 0 Å². The SMILES string of the molecule is CCS(=O)(=O)c1ccc2oc(SCC(=O)Nc3ccc([N+](=O)[O-])cc3OC)nc2c1. The second-order valence-corrected chi connectivity index (χ2v) is 9.20. The highest BCUT2D eigenvalue weighted by Crippen LogP contribution is 2.30. The number of fused-ring (bicyclic) bond motifs is 1. The van der Waals surface area contributed by atoms with Gasteiger partial charge < -0.3 is 14.5 Å². The number of nitrogens with one attached hydrogen (secondary N) is 1. The van der Waals surface area contributed by atoms with E-state index in [4.69, 9.17) is 9.15 Å². The molecule has 0 atom stereocenters. The van der Waals surface area contributed by atoms with Crippen molar-refractivity contribution in [3.8, 4) is 5.75 Å². The molecule has 10 nitrogen and oxygen atoms in total. The Morgan fingerprint density at radius 2 is 2.07 bits per heavy atom. The van der Waals surface area contributed by atoms with E-state index < -0.39 is 20.7 Å². The first kappa shape index (κ1) is 21.6. The summed E-state index contributed by atoms with van der Waals surface area (Å²) < 4.78 is 34.6. The van der Waals surface area contributed by atoms with Crippen molar-refractivity contribution in [3.63, 3.8) is 0 Å². The number of nitro groups is 1. The Bertz CT molecular complexity index is 1220. The lowest BCUT2D eigenvalue weighted by molar-refractivity contribution is -0.384. The fraction of sp³-hybridized carbons (Fsp3) is 0.222. The third-order valence-corrected chi connectivity index (χ3v) is 6.64. The van der Waals surface area contributed by atoms with Crippen molar-refractivity contribution in [3.05, 3.63) is 46.5 Å². The van der Waals surface area contributed by atoms with Crippen LogP contribution in [0.5, 0.6) is 5.75 Å². The van der Waals surface area contributed by atoms with E-state index in [1.54, 1.807) is 6.92 Å². The first-order valence-corrected chi connectivity index (χ1v) is 11.3. The first-order chi connectivity index (χ1) is 14.2. The van der Waals surface area contributed by atoms with Crippen molar-refractivity contribution in [1.29, 1.82) is 0 Å². The Hall–Kier alpha value is -3.12. The molecule has 0 aliphatic heterocycles. The maximum atomic E-state index is 12.2. The molecule has 1 heterocycles. The monoisotopic (exact) mass is 451 g/mol. The number of carbonyl (C=O) groups excluding carboxylic acids is 1. The number of nitro benzene ring substituents is 1. The largest absolute Gasteiger partial charge is 0.494 e. The van der Waals surface area contributed by atoms with Gasteiger partial charge in [0.1, 0.15) is 11.3 Å². The average molecular weight is 451 g/mol. The number of hydrogen-bond acceptors (Lipinski definition) is 9. The molecule has 30 heavy (non-hydrogen) atoms.